The Kier molecular flexibility index (Phi) is 4.60. The van der Waals surface area contributed by atoms with Gasteiger partial charge in [0, 0.05) is 25.3 Å². The fraction of sp³-hybridized carbons (Fsp3) is 0.583. The van der Waals surface area contributed by atoms with Gasteiger partial charge in [0.1, 0.15) is 5.69 Å². The first-order valence-corrected chi connectivity index (χ1v) is 6.18. The molecule has 0 saturated carbocycles. The van der Waals surface area contributed by atoms with Gasteiger partial charge in [-0.1, -0.05) is 25.4 Å². The fourth-order valence-electron chi connectivity index (χ4n) is 1.60. The highest BCUT2D eigenvalue weighted by molar-refractivity contribution is 6.31. The first-order chi connectivity index (χ1) is 7.91. The summed E-state index contributed by atoms with van der Waals surface area (Å²) in [6, 6.07) is 1.65. The molecule has 1 aromatic rings. The van der Waals surface area contributed by atoms with Crippen LogP contribution in [0.1, 0.15) is 37.2 Å². The lowest BCUT2D eigenvalue weighted by Crippen LogP contribution is -2.49. The van der Waals surface area contributed by atoms with Gasteiger partial charge in [0.15, 0.2) is 0 Å². The maximum absolute atomic E-state index is 11.9. The molecule has 0 aliphatic heterocycles. The van der Waals surface area contributed by atoms with Crippen molar-refractivity contribution in [2.75, 3.05) is 6.54 Å². The number of carbonyl (C=O) groups is 1. The molecule has 17 heavy (non-hydrogen) atoms. The van der Waals surface area contributed by atoms with Crippen LogP contribution >= 0.6 is 11.6 Å². The summed E-state index contributed by atoms with van der Waals surface area (Å²) in [5, 5.41) is 3.41. The molecule has 3 N–H and O–H groups in total. The van der Waals surface area contributed by atoms with Gasteiger partial charge < -0.3 is 15.6 Å². The minimum absolute atomic E-state index is 0.142. The van der Waals surface area contributed by atoms with Crippen LogP contribution in [0.3, 0.4) is 0 Å². The van der Waals surface area contributed by atoms with Crippen LogP contribution in [0.15, 0.2) is 12.3 Å². The van der Waals surface area contributed by atoms with E-state index in [0.29, 0.717) is 17.3 Å². The minimum Gasteiger partial charge on any atom is -0.349 e. The zero-order chi connectivity index (χ0) is 13.1. The van der Waals surface area contributed by atoms with Gasteiger partial charge in [-0.3, -0.25) is 4.79 Å². The molecule has 0 aliphatic carbocycles. The Morgan fingerprint density at radius 2 is 2.12 bits per heavy atom. The number of hydrogen-bond acceptors (Lipinski definition) is 2. The number of aryl methyl sites for hydroxylation is 1. The number of carbonyl (C=O) groups excluding carboxylic acids is 1. The van der Waals surface area contributed by atoms with Crippen molar-refractivity contribution >= 4 is 17.5 Å². The molecule has 0 aromatic carbocycles. The quantitative estimate of drug-likeness (QED) is 0.847. The third-order valence-electron chi connectivity index (χ3n) is 3.21. The van der Waals surface area contributed by atoms with Crippen LogP contribution in [0.5, 0.6) is 0 Å². The van der Waals surface area contributed by atoms with Crippen LogP contribution in [0.2, 0.25) is 5.02 Å². The molecule has 1 amide bonds. The van der Waals surface area contributed by atoms with E-state index < -0.39 is 0 Å². The van der Waals surface area contributed by atoms with E-state index in [1.165, 1.54) is 0 Å². The van der Waals surface area contributed by atoms with Gasteiger partial charge in [-0.05, 0) is 18.9 Å². The van der Waals surface area contributed by atoms with Gasteiger partial charge in [0.05, 0.1) is 5.02 Å². The molecule has 0 bridgehead atoms. The molecule has 0 saturated heterocycles. The summed E-state index contributed by atoms with van der Waals surface area (Å²) >= 11 is 5.83. The van der Waals surface area contributed by atoms with Crippen LogP contribution < -0.4 is 11.1 Å². The lowest BCUT2D eigenvalue weighted by molar-refractivity contribution is 0.0934. The zero-order valence-corrected chi connectivity index (χ0v) is 11.3. The molecule has 1 rings (SSSR count). The number of rotatable bonds is 5. The Morgan fingerprint density at radius 1 is 1.53 bits per heavy atom. The second-order valence-electron chi connectivity index (χ2n) is 4.41. The average Bonchev–Trinajstić information content (AvgIpc) is 2.65. The van der Waals surface area contributed by atoms with Crippen molar-refractivity contribution in [3.05, 3.63) is 23.0 Å². The normalized spacial score (nSPS) is 11.6. The zero-order valence-electron chi connectivity index (χ0n) is 10.6. The average molecular weight is 258 g/mol. The van der Waals surface area contributed by atoms with E-state index in [-0.39, 0.29) is 11.4 Å². The summed E-state index contributed by atoms with van der Waals surface area (Å²) in [4.78, 5) is 11.9. The van der Waals surface area contributed by atoms with E-state index in [1.54, 1.807) is 23.9 Å². The molecule has 1 heterocycles. The number of halogens is 1. The lowest BCUT2D eigenvalue weighted by atomic mass is 9.94. The maximum Gasteiger partial charge on any atom is 0.268 e. The number of hydrogen-bond donors (Lipinski definition) is 2. The largest absolute Gasteiger partial charge is 0.349 e. The van der Waals surface area contributed by atoms with Crippen LogP contribution in [0.4, 0.5) is 0 Å². The highest BCUT2D eigenvalue weighted by Gasteiger charge is 2.21. The second-order valence-corrected chi connectivity index (χ2v) is 4.84. The van der Waals surface area contributed by atoms with Gasteiger partial charge in [-0.25, -0.2) is 0 Å². The van der Waals surface area contributed by atoms with Crippen molar-refractivity contribution in [1.29, 1.82) is 0 Å². The SMILES string of the molecule is CCC(N)(CC)CNC(=O)c1cc(Cl)cn1C. The molecule has 4 nitrogen and oxygen atoms in total. The van der Waals surface area contributed by atoms with Crippen LogP contribution in [0.25, 0.3) is 0 Å². The predicted octanol–water partition coefficient (Wildman–Crippen LogP) is 1.93. The Morgan fingerprint density at radius 3 is 2.53 bits per heavy atom. The molecule has 0 unspecified atom stereocenters. The van der Waals surface area contributed by atoms with Crippen molar-refractivity contribution in [2.24, 2.45) is 12.8 Å². The van der Waals surface area contributed by atoms with Crippen molar-refractivity contribution < 1.29 is 4.79 Å². The number of aromatic nitrogens is 1. The molecule has 0 radical (unpaired) electrons. The predicted molar refractivity (Wildman–Crippen MR) is 70.3 cm³/mol. The molecular formula is C12H20ClN3O. The monoisotopic (exact) mass is 257 g/mol. The summed E-state index contributed by atoms with van der Waals surface area (Å²) in [5.74, 6) is -0.142. The van der Waals surface area contributed by atoms with Crippen molar-refractivity contribution in [3.8, 4) is 0 Å². The standard InChI is InChI=1S/C12H20ClN3O/c1-4-12(14,5-2)8-15-11(17)10-6-9(13)7-16(10)3/h6-7H,4-5,8,14H2,1-3H3,(H,15,17). The molecule has 1 aromatic heterocycles. The third-order valence-corrected chi connectivity index (χ3v) is 3.42. The highest BCUT2D eigenvalue weighted by atomic mass is 35.5. The van der Waals surface area contributed by atoms with E-state index >= 15 is 0 Å². The first kappa shape index (κ1) is 14.1. The van der Waals surface area contributed by atoms with Gasteiger partial charge in [0.2, 0.25) is 0 Å². The van der Waals surface area contributed by atoms with E-state index in [2.05, 4.69) is 5.32 Å². The number of amides is 1. The summed E-state index contributed by atoms with van der Waals surface area (Å²) in [6.07, 6.45) is 3.36. The highest BCUT2D eigenvalue weighted by Crippen LogP contribution is 2.13. The Labute approximate surface area is 107 Å². The smallest absolute Gasteiger partial charge is 0.268 e. The van der Waals surface area contributed by atoms with Crippen molar-refractivity contribution in [1.82, 2.24) is 9.88 Å². The van der Waals surface area contributed by atoms with Gasteiger partial charge >= 0.3 is 0 Å². The van der Waals surface area contributed by atoms with E-state index in [4.69, 9.17) is 17.3 Å². The van der Waals surface area contributed by atoms with E-state index in [0.717, 1.165) is 12.8 Å². The Balaban J connectivity index is 2.65. The maximum atomic E-state index is 11.9. The third kappa shape index (κ3) is 3.48. The molecule has 0 aliphatic rings. The summed E-state index contributed by atoms with van der Waals surface area (Å²) < 4.78 is 1.70. The van der Waals surface area contributed by atoms with Gasteiger partial charge in [-0.15, -0.1) is 0 Å². The summed E-state index contributed by atoms with van der Waals surface area (Å²) in [6.45, 7) is 4.52. The summed E-state index contributed by atoms with van der Waals surface area (Å²) in [7, 11) is 1.79. The minimum atomic E-state index is -0.329. The first-order valence-electron chi connectivity index (χ1n) is 5.81. The number of nitrogens with zero attached hydrogens (tertiary/aromatic N) is 1. The molecule has 0 spiro atoms. The topological polar surface area (TPSA) is 60.0 Å². The van der Waals surface area contributed by atoms with Crippen molar-refractivity contribution in [3.63, 3.8) is 0 Å². The molecule has 5 heteroatoms. The second kappa shape index (κ2) is 5.56. The molecular weight excluding hydrogens is 238 g/mol. The van der Waals surface area contributed by atoms with Crippen LogP contribution in [-0.4, -0.2) is 22.6 Å². The lowest BCUT2D eigenvalue weighted by Gasteiger charge is -2.26. The van der Waals surface area contributed by atoms with Crippen molar-refractivity contribution in [2.45, 2.75) is 32.2 Å². The fourth-order valence-corrected chi connectivity index (χ4v) is 1.85. The van der Waals surface area contributed by atoms with Crippen LogP contribution in [-0.2, 0) is 7.05 Å². The molecule has 96 valence electrons. The van der Waals surface area contributed by atoms with E-state index in [1.807, 2.05) is 13.8 Å². The Hall–Kier alpha value is -1.00. The van der Waals surface area contributed by atoms with Crippen LogP contribution in [0, 0.1) is 0 Å². The Bertz CT molecular complexity index is 396. The van der Waals surface area contributed by atoms with Gasteiger partial charge in [-0.2, -0.15) is 0 Å². The molecule has 0 atom stereocenters. The van der Waals surface area contributed by atoms with E-state index in [9.17, 15) is 4.79 Å². The number of nitrogens with two attached hydrogens (primary N) is 1. The molecule has 0 fully saturated rings. The summed E-state index contributed by atoms with van der Waals surface area (Å²) in [5.41, 5.74) is 6.34. The van der Waals surface area contributed by atoms with Gasteiger partial charge in [0.25, 0.3) is 5.91 Å². The number of nitrogens with one attached hydrogen (secondary N) is 1.